The summed E-state index contributed by atoms with van der Waals surface area (Å²) in [7, 11) is 0. The standard InChI is InChI=1S/C15H13BrN2O4/c1-10(22-14-8-3-2-7-13(14)16)15(19)17-11-5-4-6-12(9-11)18(20)21/h2-10H,1H3,(H,17,19). The average molecular weight is 365 g/mol. The van der Waals surface area contributed by atoms with Gasteiger partial charge < -0.3 is 10.1 Å². The van der Waals surface area contributed by atoms with Crippen LogP contribution in [0.25, 0.3) is 0 Å². The van der Waals surface area contributed by atoms with Crippen molar-refractivity contribution in [2.75, 3.05) is 5.32 Å². The van der Waals surface area contributed by atoms with Crippen LogP contribution in [-0.4, -0.2) is 16.9 Å². The Labute approximate surface area is 135 Å². The van der Waals surface area contributed by atoms with Crippen molar-refractivity contribution in [2.24, 2.45) is 0 Å². The van der Waals surface area contributed by atoms with E-state index in [-0.39, 0.29) is 5.69 Å². The number of amides is 1. The number of non-ortho nitro benzene ring substituents is 1. The van der Waals surface area contributed by atoms with E-state index in [9.17, 15) is 14.9 Å². The predicted octanol–water partition coefficient (Wildman–Crippen LogP) is 3.76. The van der Waals surface area contributed by atoms with Crippen molar-refractivity contribution in [3.05, 3.63) is 63.1 Å². The number of hydrogen-bond donors (Lipinski definition) is 1. The molecule has 0 saturated heterocycles. The van der Waals surface area contributed by atoms with Crippen LogP contribution in [0, 0.1) is 10.1 Å². The molecular formula is C15H13BrN2O4. The molecule has 1 amide bonds. The quantitative estimate of drug-likeness (QED) is 0.646. The maximum absolute atomic E-state index is 12.1. The zero-order chi connectivity index (χ0) is 16.1. The smallest absolute Gasteiger partial charge is 0.271 e. The van der Waals surface area contributed by atoms with Crippen molar-refractivity contribution in [2.45, 2.75) is 13.0 Å². The van der Waals surface area contributed by atoms with Gasteiger partial charge in [0, 0.05) is 17.8 Å². The first-order valence-electron chi connectivity index (χ1n) is 6.44. The fraction of sp³-hybridized carbons (Fsp3) is 0.133. The lowest BCUT2D eigenvalue weighted by atomic mass is 10.2. The van der Waals surface area contributed by atoms with Gasteiger partial charge in [-0.3, -0.25) is 14.9 Å². The van der Waals surface area contributed by atoms with Crippen LogP contribution in [0.4, 0.5) is 11.4 Å². The van der Waals surface area contributed by atoms with Gasteiger partial charge >= 0.3 is 0 Å². The molecule has 2 aromatic rings. The van der Waals surface area contributed by atoms with Crippen LogP contribution in [0.5, 0.6) is 5.75 Å². The molecule has 0 spiro atoms. The van der Waals surface area contributed by atoms with Crippen molar-refractivity contribution in [1.29, 1.82) is 0 Å². The second-order valence-electron chi connectivity index (χ2n) is 4.49. The fourth-order valence-corrected chi connectivity index (χ4v) is 2.10. The minimum absolute atomic E-state index is 0.0859. The van der Waals surface area contributed by atoms with Crippen molar-refractivity contribution in [3.63, 3.8) is 0 Å². The third-order valence-electron chi connectivity index (χ3n) is 2.83. The number of carbonyl (C=O) groups is 1. The minimum Gasteiger partial charge on any atom is -0.480 e. The van der Waals surface area contributed by atoms with Crippen LogP contribution in [0.3, 0.4) is 0 Å². The molecule has 0 radical (unpaired) electrons. The molecule has 22 heavy (non-hydrogen) atoms. The number of rotatable bonds is 5. The number of ether oxygens (including phenoxy) is 1. The molecule has 0 bridgehead atoms. The van der Waals surface area contributed by atoms with Gasteiger partial charge in [0.15, 0.2) is 6.10 Å². The summed E-state index contributed by atoms with van der Waals surface area (Å²) in [6.07, 6.45) is -0.752. The summed E-state index contributed by atoms with van der Waals surface area (Å²) in [6.45, 7) is 1.60. The zero-order valence-electron chi connectivity index (χ0n) is 11.7. The van der Waals surface area contributed by atoms with Crippen molar-refractivity contribution >= 4 is 33.2 Å². The number of nitro groups is 1. The number of halogens is 1. The highest BCUT2D eigenvalue weighted by molar-refractivity contribution is 9.10. The molecule has 114 valence electrons. The van der Waals surface area contributed by atoms with E-state index >= 15 is 0 Å². The van der Waals surface area contributed by atoms with E-state index in [1.54, 1.807) is 31.2 Å². The molecule has 0 aliphatic rings. The molecule has 7 heteroatoms. The first-order valence-corrected chi connectivity index (χ1v) is 7.23. The van der Waals surface area contributed by atoms with E-state index in [0.29, 0.717) is 11.4 Å². The molecule has 0 saturated carbocycles. The van der Waals surface area contributed by atoms with Gasteiger partial charge in [-0.2, -0.15) is 0 Å². The Kier molecular flexibility index (Phi) is 5.11. The third-order valence-corrected chi connectivity index (χ3v) is 3.49. The third kappa shape index (κ3) is 4.05. The molecule has 0 aromatic heterocycles. The lowest BCUT2D eigenvalue weighted by Gasteiger charge is -2.15. The van der Waals surface area contributed by atoms with Gasteiger partial charge in [-0.1, -0.05) is 18.2 Å². The Morgan fingerprint density at radius 3 is 2.68 bits per heavy atom. The molecule has 2 aromatic carbocycles. The van der Waals surface area contributed by atoms with Gasteiger partial charge in [0.25, 0.3) is 11.6 Å². The van der Waals surface area contributed by atoms with Crippen molar-refractivity contribution in [3.8, 4) is 5.75 Å². The van der Waals surface area contributed by atoms with Crippen LogP contribution < -0.4 is 10.1 Å². The van der Waals surface area contributed by atoms with E-state index in [1.165, 1.54) is 18.2 Å². The zero-order valence-corrected chi connectivity index (χ0v) is 13.2. The number of carbonyl (C=O) groups excluding carboxylic acids is 1. The van der Waals surface area contributed by atoms with Gasteiger partial charge in [-0.25, -0.2) is 0 Å². The van der Waals surface area contributed by atoms with Crippen LogP contribution in [0.15, 0.2) is 53.0 Å². The SMILES string of the molecule is CC(Oc1ccccc1Br)C(=O)Nc1cccc([N+](=O)[O-])c1. The maximum atomic E-state index is 12.1. The molecule has 2 rings (SSSR count). The van der Waals surface area contributed by atoms with Gasteiger partial charge in [-0.15, -0.1) is 0 Å². The van der Waals surface area contributed by atoms with Crippen LogP contribution in [-0.2, 0) is 4.79 Å². The van der Waals surface area contributed by atoms with Crippen LogP contribution in [0.1, 0.15) is 6.92 Å². The van der Waals surface area contributed by atoms with Gasteiger partial charge in [0.2, 0.25) is 0 Å². The number of anilines is 1. The number of hydrogen-bond acceptors (Lipinski definition) is 4. The molecule has 1 unspecified atom stereocenters. The van der Waals surface area contributed by atoms with Crippen LogP contribution >= 0.6 is 15.9 Å². The Bertz CT molecular complexity index is 705. The molecule has 6 nitrogen and oxygen atoms in total. The number of nitro benzene ring substituents is 1. The Morgan fingerprint density at radius 1 is 1.27 bits per heavy atom. The van der Waals surface area contributed by atoms with E-state index in [1.807, 2.05) is 6.07 Å². The van der Waals surface area contributed by atoms with Gasteiger partial charge in [0.05, 0.1) is 9.40 Å². The van der Waals surface area contributed by atoms with E-state index in [2.05, 4.69) is 21.2 Å². The molecule has 1 N–H and O–H groups in total. The highest BCUT2D eigenvalue weighted by atomic mass is 79.9. The Morgan fingerprint density at radius 2 is 2.00 bits per heavy atom. The largest absolute Gasteiger partial charge is 0.480 e. The average Bonchev–Trinajstić information content (AvgIpc) is 2.49. The Hall–Kier alpha value is -2.41. The van der Waals surface area contributed by atoms with E-state index in [4.69, 9.17) is 4.74 Å². The lowest BCUT2D eigenvalue weighted by molar-refractivity contribution is -0.384. The number of benzene rings is 2. The lowest BCUT2D eigenvalue weighted by Crippen LogP contribution is -2.30. The van der Waals surface area contributed by atoms with Gasteiger partial charge in [0.1, 0.15) is 5.75 Å². The normalized spacial score (nSPS) is 11.5. The summed E-state index contributed by atoms with van der Waals surface area (Å²) in [5, 5.41) is 13.3. The fourth-order valence-electron chi connectivity index (χ4n) is 1.73. The monoisotopic (exact) mass is 364 g/mol. The predicted molar refractivity (Wildman–Crippen MR) is 86.0 cm³/mol. The topological polar surface area (TPSA) is 81.5 Å². The summed E-state index contributed by atoms with van der Waals surface area (Å²) in [5.74, 6) is 0.153. The molecule has 0 aliphatic heterocycles. The highest BCUT2D eigenvalue weighted by Gasteiger charge is 2.17. The molecule has 0 fully saturated rings. The first kappa shape index (κ1) is 16.0. The number of nitrogens with one attached hydrogen (secondary N) is 1. The summed E-state index contributed by atoms with van der Waals surface area (Å²) >= 11 is 3.33. The summed E-state index contributed by atoms with van der Waals surface area (Å²) < 4.78 is 6.30. The molecule has 1 atom stereocenters. The molecule has 0 heterocycles. The summed E-state index contributed by atoms with van der Waals surface area (Å²) in [6, 6.07) is 12.9. The van der Waals surface area contributed by atoms with Crippen molar-refractivity contribution < 1.29 is 14.5 Å². The molecule has 0 aliphatic carbocycles. The number of para-hydroxylation sites is 1. The van der Waals surface area contributed by atoms with E-state index < -0.39 is 16.9 Å². The van der Waals surface area contributed by atoms with Crippen molar-refractivity contribution in [1.82, 2.24) is 0 Å². The summed E-state index contributed by atoms with van der Waals surface area (Å²) in [5.41, 5.74) is 0.263. The first-order chi connectivity index (χ1) is 10.5. The summed E-state index contributed by atoms with van der Waals surface area (Å²) in [4.78, 5) is 22.3. The van der Waals surface area contributed by atoms with Crippen LogP contribution in [0.2, 0.25) is 0 Å². The van der Waals surface area contributed by atoms with E-state index in [0.717, 1.165) is 4.47 Å². The number of nitrogens with zero attached hydrogens (tertiary/aromatic N) is 1. The second kappa shape index (κ2) is 7.04. The minimum atomic E-state index is -0.752. The maximum Gasteiger partial charge on any atom is 0.271 e. The Balaban J connectivity index is 2.04. The second-order valence-corrected chi connectivity index (χ2v) is 5.34. The van der Waals surface area contributed by atoms with Gasteiger partial charge in [-0.05, 0) is 41.1 Å². The molecular weight excluding hydrogens is 352 g/mol. The highest BCUT2D eigenvalue weighted by Crippen LogP contribution is 2.25.